The number of hydrogen-bond donors (Lipinski definition) is 1. The van der Waals surface area contributed by atoms with E-state index in [1.54, 1.807) is 0 Å². The molecule has 2 aliphatic rings. The van der Waals surface area contributed by atoms with Gasteiger partial charge in [0.25, 0.3) is 0 Å². The molecule has 17 heavy (non-hydrogen) atoms. The predicted octanol–water partition coefficient (Wildman–Crippen LogP) is 1.74. The monoisotopic (exact) mass is 241 g/mol. The molecule has 2 fully saturated rings. The Balaban J connectivity index is 2.02. The average molecular weight is 241 g/mol. The Hall–Kier alpha value is -0.610. The molecule has 0 aromatic carbocycles. The first-order chi connectivity index (χ1) is 8.22. The van der Waals surface area contributed by atoms with Crippen LogP contribution >= 0.6 is 0 Å². The van der Waals surface area contributed by atoms with Crippen molar-refractivity contribution >= 4 is 5.97 Å². The van der Waals surface area contributed by atoms with Crippen molar-refractivity contribution in [3.05, 3.63) is 0 Å². The maximum atomic E-state index is 10.9. The van der Waals surface area contributed by atoms with Gasteiger partial charge in [0.05, 0.1) is 19.6 Å². The molecule has 0 aromatic heterocycles. The Morgan fingerprint density at radius 3 is 3.00 bits per heavy atom. The number of ether oxygens (including phenoxy) is 1. The van der Waals surface area contributed by atoms with Crippen molar-refractivity contribution in [1.82, 2.24) is 4.90 Å². The van der Waals surface area contributed by atoms with Gasteiger partial charge in [0, 0.05) is 18.6 Å². The molecular formula is C13H23NO3. The van der Waals surface area contributed by atoms with Crippen LogP contribution in [0.25, 0.3) is 0 Å². The minimum absolute atomic E-state index is 0.0819. The van der Waals surface area contributed by atoms with Crippen LogP contribution in [-0.2, 0) is 9.53 Å². The maximum Gasteiger partial charge on any atom is 0.305 e. The van der Waals surface area contributed by atoms with Gasteiger partial charge >= 0.3 is 5.97 Å². The fraction of sp³-hybridized carbons (Fsp3) is 0.923. The topological polar surface area (TPSA) is 49.8 Å². The lowest BCUT2D eigenvalue weighted by atomic mass is 9.96. The Kier molecular flexibility index (Phi) is 4.40. The molecule has 1 N–H and O–H groups in total. The number of nitrogens with zero attached hydrogens (tertiary/aromatic N) is 1. The van der Waals surface area contributed by atoms with Gasteiger partial charge in [0.15, 0.2) is 0 Å². The fourth-order valence-corrected chi connectivity index (χ4v) is 3.41. The third-order valence-electron chi connectivity index (χ3n) is 4.25. The highest BCUT2D eigenvalue weighted by Crippen LogP contribution is 2.34. The minimum atomic E-state index is -0.712. The molecule has 0 spiro atoms. The number of carboxylic acids is 1. The molecule has 1 heterocycles. The molecule has 0 bridgehead atoms. The summed E-state index contributed by atoms with van der Waals surface area (Å²) in [5.74, 6) is 0.0425. The van der Waals surface area contributed by atoms with E-state index in [1.165, 1.54) is 25.7 Å². The molecular weight excluding hydrogens is 218 g/mol. The molecule has 98 valence electrons. The van der Waals surface area contributed by atoms with E-state index in [4.69, 9.17) is 9.84 Å². The Morgan fingerprint density at radius 1 is 1.47 bits per heavy atom. The largest absolute Gasteiger partial charge is 0.481 e. The number of hydrogen-bond acceptors (Lipinski definition) is 3. The van der Waals surface area contributed by atoms with Gasteiger partial charge in [-0.15, -0.1) is 0 Å². The van der Waals surface area contributed by atoms with Crippen molar-refractivity contribution in [3.63, 3.8) is 0 Å². The smallest absolute Gasteiger partial charge is 0.305 e. The first-order valence-electron chi connectivity index (χ1n) is 6.77. The second-order valence-corrected chi connectivity index (χ2v) is 5.23. The Morgan fingerprint density at radius 2 is 2.29 bits per heavy atom. The number of rotatable bonds is 4. The van der Waals surface area contributed by atoms with E-state index in [2.05, 4.69) is 11.8 Å². The van der Waals surface area contributed by atoms with Crippen LogP contribution in [0.1, 0.15) is 39.0 Å². The standard InChI is InChI=1S/C13H23NO3/c1-2-10-4-3-5-12(10)14-6-7-17-9-11(14)8-13(15)16/h10-12H,2-9H2,1H3,(H,15,16). The van der Waals surface area contributed by atoms with Gasteiger partial charge in [-0.2, -0.15) is 0 Å². The molecule has 4 heteroatoms. The van der Waals surface area contributed by atoms with E-state index in [-0.39, 0.29) is 12.5 Å². The van der Waals surface area contributed by atoms with Crippen LogP contribution in [-0.4, -0.2) is 47.8 Å². The number of carboxylic acid groups (broad SMARTS) is 1. The van der Waals surface area contributed by atoms with Crippen molar-refractivity contribution < 1.29 is 14.6 Å². The summed E-state index contributed by atoms with van der Waals surface area (Å²) >= 11 is 0. The van der Waals surface area contributed by atoms with E-state index in [0.29, 0.717) is 12.6 Å². The summed E-state index contributed by atoms with van der Waals surface area (Å²) in [5, 5.41) is 8.97. The average Bonchev–Trinajstić information content (AvgIpc) is 2.77. The Labute approximate surface area is 103 Å². The van der Waals surface area contributed by atoms with Gasteiger partial charge < -0.3 is 9.84 Å². The zero-order chi connectivity index (χ0) is 12.3. The fourth-order valence-electron chi connectivity index (χ4n) is 3.41. The number of carbonyl (C=O) groups is 1. The van der Waals surface area contributed by atoms with E-state index in [0.717, 1.165) is 19.1 Å². The minimum Gasteiger partial charge on any atom is -0.481 e. The second-order valence-electron chi connectivity index (χ2n) is 5.23. The second kappa shape index (κ2) is 5.83. The van der Waals surface area contributed by atoms with Crippen LogP contribution in [0.5, 0.6) is 0 Å². The van der Waals surface area contributed by atoms with Gasteiger partial charge in [-0.05, 0) is 18.8 Å². The highest BCUT2D eigenvalue weighted by atomic mass is 16.5. The summed E-state index contributed by atoms with van der Waals surface area (Å²) < 4.78 is 5.44. The molecule has 0 aromatic rings. The van der Waals surface area contributed by atoms with Crippen molar-refractivity contribution in [2.75, 3.05) is 19.8 Å². The molecule has 2 rings (SSSR count). The van der Waals surface area contributed by atoms with Gasteiger partial charge in [0.1, 0.15) is 0 Å². The summed E-state index contributed by atoms with van der Waals surface area (Å²) in [6, 6.07) is 0.673. The highest BCUT2D eigenvalue weighted by Gasteiger charge is 2.36. The van der Waals surface area contributed by atoms with Gasteiger partial charge in [-0.3, -0.25) is 9.69 Å². The molecule has 0 radical (unpaired) electrons. The molecule has 3 atom stereocenters. The van der Waals surface area contributed by atoms with Crippen molar-refractivity contribution in [2.24, 2.45) is 5.92 Å². The molecule has 1 saturated carbocycles. The van der Waals surface area contributed by atoms with E-state index in [9.17, 15) is 4.79 Å². The van der Waals surface area contributed by atoms with Crippen LogP contribution in [0.3, 0.4) is 0 Å². The van der Waals surface area contributed by atoms with E-state index < -0.39 is 5.97 Å². The summed E-state index contributed by atoms with van der Waals surface area (Å²) in [6.07, 6.45) is 5.25. The lowest BCUT2D eigenvalue weighted by molar-refractivity contribution is -0.141. The summed E-state index contributed by atoms with van der Waals surface area (Å²) in [7, 11) is 0. The summed E-state index contributed by atoms with van der Waals surface area (Å²) in [5.41, 5.74) is 0. The van der Waals surface area contributed by atoms with Gasteiger partial charge in [-0.25, -0.2) is 0 Å². The Bertz CT molecular complexity index is 269. The third kappa shape index (κ3) is 2.99. The van der Waals surface area contributed by atoms with Crippen LogP contribution in [0.15, 0.2) is 0 Å². The van der Waals surface area contributed by atoms with Crippen LogP contribution < -0.4 is 0 Å². The summed E-state index contributed by atoms with van der Waals surface area (Å²) in [6.45, 7) is 4.48. The highest BCUT2D eigenvalue weighted by molar-refractivity contribution is 5.67. The maximum absolute atomic E-state index is 10.9. The van der Waals surface area contributed by atoms with Gasteiger partial charge in [-0.1, -0.05) is 19.8 Å². The molecule has 3 unspecified atom stereocenters. The molecule has 1 aliphatic carbocycles. The molecule has 4 nitrogen and oxygen atoms in total. The van der Waals surface area contributed by atoms with Crippen molar-refractivity contribution in [1.29, 1.82) is 0 Å². The van der Waals surface area contributed by atoms with Gasteiger partial charge in [0.2, 0.25) is 0 Å². The quantitative estimate of drug-likeness (QED) is 0.814. The third-order valence-corrected chi connectivity index (χ3v) is 4.25. The zero-order valence-corrected chi connectivity index (χ0v) is 10.6. The first-order valence-corrected chi connectivity index (χ1v) is 6.77. The number of morpholine rings is 1. The first kappa shape index (κ1) is 12.8. The predicted molar refractivity (Wildman–Crippen MR) is 65.0 cm³/mol. The van der Waals surface area contributed by atoms with Crippen LogP contribution in [0.4, 0.5) is 0 Å². The van der Waals surface area contributed by atoms with Crippen molar-refractivity contribution in [3.8, 4) is 0 Å². The lowest BCUT2D eigenvalue weighted by Gasteiger charge is -2.41. The normalized spacial score (nSPS) is 35.0. The van der Waals surface area contributed by atoms with Crippen LogP contribution in [0, 0.1) is 5.92 Å². The number of aliphatic carboxylic acids is 1. The molecule has 1 aliphatic heterocycles. The lowest BCUT2D eigenvalue weighted by Crippen LogP contribution is -2.52. The van der Waals surface area contributed by atoms with Crippen LogP contribution in [0.2, 0.25) is 0 Å². The molecule has 1 saturated heterocycles. The summed E-state index contributed by atoms with van der Waals surface area (Å²) in [4.78, 5) is 13.3. The zero-order valence-electron chi connectivity index (χ0n) is 10.6. The van der Waals surface area contributed by atoms with E-state index in [1.807, 2.05) is 0 Å². The SMILES string of the molecule is CCC1CCCC1N1CCOCC1CC(=O)O. The van der Waals surface area contributed by atoms with Crippen molar-refractivity contribution in [2.45, 2.75) is 51.1 Å². The molecule has 0 amide bonds. The van der Waals surface area contributed by atoms with E-state index >= 15 is 0 Å².